The fraction of sp³-hybridized carbons (Fsp3) is 0.913. The Morgan fingerprint density at radius 2 is 1.50 bits per heavy atom. The maximum absolute atomic E-state index is 10.0. The van der Waals surface area contributed by atoms with Gasteiger partial charge in [0.1, 0.15) is 24.4 Å². The summed E-state index contributed by atoms with van der Waals surface area (Å²) in [5.41, 5.74) is 0. The monoisotopic (exact) mass is 400 g/mol. The van der Waals surface area contributed by atoms with Crippen LogP contribution < -0.4 is 0 Å². The van der Waals surface area contributed by atoms with Crippen LogP contribution in [0.1, 0.15) is 90.4 Å². The van der Waals surface area contributed by atoms with E-state index in [2.05, 4.69) is 19.1 Å². The second-order valence-corrected chi connectivity index (χ2v) is 8.03. The van der Waals surface area contributed by atoms with Gasteiger partial charge in [-0.15, -0.1) is 0 Å². The summed E-state index contributed by atoms with van der Waals surface area (Å²) < 4.78 is 11.0. The molecule has 0 bridgehead atoms. The van der Waals surface area contributed by atoms with Crippen molar-refractivity contribution < 1.29 is 24.8 Å². The Morgan fingerprint density at radius 1 is 0.929 bits per heavy atom. The zero-order valence-electron chi connectivity index (χ0n) is 17.9. The second kappa shape index (κ2) is 17.4. The van der Waals surface area contributed by atoms with Crippen LogP contribution in [0.2, 0.25) is 0 Å². The van der Waals surface area contributed by atoms with E-state index < -0.39 is 31.0 Å². The lowest BCUT2D eigenvalue weighted by Gasteiger charge is -2.20. The zero-order chi connectivity index (χ0) is 20.5. The molecule has 1 rings (SSSR count). The van der Waals surface area contributed by atoms with E-state index in [4.69, 9.17) is 14.6 Å². The molecule has 1 aliphatic heterocycles. The Kier molecular flexibility index (Phi) is 15.9. The molecule has 0 unspecified atom stereocenters. The van der Waals surface area contributed by atoms with Gasteiger partial charge in [-0.25, -0.2) is 0 Å². The third-order valence-electron chi connectivity index (χ3n) is 5.47. The number of hydrogen-bond donors (Lipinski definition) is 3. The van der Waals surface area contributed by atoms with Crippen LogP contribution in [0.25, 0.3) is 0 Å². The highest BCUT2D eigenvalue weighted by Gasteiger charge is 2.40. The highest BCUT2D eigenvalue weighted by molar-refractivity contribution is 4.88. The van der Waals surface area contributed by atoms with E-state index in [0.717, 1.165) is 19.3 Å². The van der Waals surface area contributed by atoms with Gasteiger partial charge in [0, 0.05) is 6.61 Å². The average Bonchev–Trinajstić information content (AvgIpc) is 3.07. The Hall–Kier alpha value is -0.460. The molecule has 3 N–H and O–H groups in total. The van der Waals surface area contributed by atoms with E-state index in [1.807, 2.05) is 0 Å². The van der Waals surface area contributed by atoms with E-state index in [-0.39, 0.29) is 6.61 Å². The van der Waals surface area contributed by atoms with Gasteiger partial charge in [0.2, 0.25) is 0 Å². The van der Waals surface area contributed by atoms with Crippen molar-refractivity contribution >= 4 is 0 Å². The Labute approximate surface area is 172 Å². The Morgan fingerprint density at radius 3 is 2.11 bits per heavy atom. The molecule has 4 atom stereocenters. The van der Waals surface area contributed by atoms with Crippen molar-refractivity contribution in [1.82, 2.24) is 0 Å². The molecule has 0 aromatic heterocycles. The standard InChI is InChI=1S/C23H44O5/c1-2-3-4-5-6-7-8-9-10-11-12-13-14-15-16-17-27-21-19-28-23(22(21)26)20(25)18-24/h12-13,20-26H,2-11,14-19H2,1H3/b13-12+/t20-,21+,22+,23+/m0/s1. The Balaban J connectivity index is 1.86. The molecule has 0 aromatic rings. The van der Waals surface area contributed by atoms with E-state index in [0.29, 0.717) is 6.61 Å². The average molecular weight is 401 g/mol. The van der Waals surface area contributed by atoms with Gasteiger partial charge in [-0.1, -0.05) is 70.4 Å². The van der Waals surface area contributed by atoms with Crippen LogP contribution in [0.3, 0.4) is 0 Å². The number of rotatable bonds is 18. The highest BCUT2D eigenvalue weighted by atomic mass is 16.6. The fourth-order valence-corrected chi connectivity index (χ4v) is 3.61. The first kappa shape index (κ1) is 25.6. The summed E-state index contributed by atoms with van der Waals surface area (Å²) in [7, 11) is 0. The van der Waals surface area contributed by atoms with Crippen LogP contribution >= 0.6 is 0 Å². The lowest BCUT2D eigenvalue weighted by atomic mass is 10.1. The first-order chi connectivity index (χ1) is 13.7. The summed E-state index contributed by atoms with van der Waals surface area (Å²) in [6, 6.07) is 0. The molecule has 0 aromatic carbocycles. The van der Waals surface area contributed by atoms with Crippen molar-refractivity contribution in [3.05, 3.63) is 12.2 Å². The van der Waals surface area contributed by atoms with Gasteiger partial charge in [-0.2, -0.15) is 0 Å². The minimum atomic E-state index is -1.06. The third-order valence-corrected chi connectivity index (χ3v) is 5.47. The van der Waals surface area contributed by atoms with Crippen LogP contribution in [0.15, 0.2) is 12.2 Å². The smallest absolute Gasteiger partial charge is 0.114 e. The second-order valence-electron chi connectivity index (χ2n) is 8.03. The van der Waals surface area contributed by atoms with E-state index >= 15 is 0 Å². The maximum atomic E-state index is 10.0. The Bertz CT molecular complexity index is 374. The molecule has 0 amide bonds. The van der Waals surface area contributed by atoms with Crippen molar-refractivity contribution in [1.29, 1.82) is 0 Å². The molecule has 0 radical (unpaired) electrons. The predicted molar refractivity (Wildman–Crippen MR) is 113 cm³/mol. The summed E-state index contributed by atoms with van der Waals surface area (Å²) in [5.74, 6) is 0. The fourth-order valence-electron chi connectivity index (χ4n) is 3.61. The first-order valence-corrected chi connectivity index (χ1v) is 11.6. The van der Waals surface area contributed by atoms with Crippen molar-refractivity contribution in [2.45, 2.75) is 115 Å². The highest BCUT2D eigenvalue weighted by Crippen LogP contribution is 2.20. The molecule has 1 saturated heterocycles. The van der Waals surface area contributed by atoms with Crippen molar-refractivity contribution in [2.24, 2.45) is 0 Å². The predicted octanol–water partition coefficient (Wildman–Crippen LogP) is 4.13. The van der Waals surface area contributed by atoms with Crippen LogP contribution in [0.5, 0.6) is 0 Å². The molecule has 1 heterocycles. The van der Waals surface area contributed by atoms with Gasteiger partial charge < -0.3 is 24.8 Å². The minimum Gasteiger partial charge on any atom is -0.394 e. The molecular formula is C23H44O5. The molecule has 28 heavy (non-hydrogen) atoms. The first-order valence-electron chi connectivity index (χ1n) is 11.6. The summed E-state index contributed by atoms with van der Waals surface area (Å²) in [4.78, 5) is 0. The summed E-state index contributed by atoms with van der Waals surface area (Å²) in [6.07, 6.45) is 18.1. The number of aliphatic hydroxyl groups excluding tert-OH is 3. The number of aliphatic hydroxyl groups is 3. The molecule has 0 spiro atoms. The molecule has 1 aliphatic rings. The molecule has 5 nitrogen and oxygen atoms in total. The largest absolute Gasteiger partial charge is 0.394 e. The van der Waals surface area contributed by atoms with Crippen LogP contribution in [0, 0.1) is 0 Å². The number of unbranched alkanes of at least 4 members (excludes halogenated alkanes) is 11. The lowest BCUT2D eigenvalue weighted by Crippen LogP contribution is -2.41. The number of hydrogen-bond acceptors (Lipinski definition) is 5. The SMILES string of the molecule is CCCCCCCCCCC/C=C/CCCCO[C@@H]1CO[C@H]([C@@H](O)CO)[C@@H]1O. The van der Waals surface area contributed by atoms with Gasteiger partial charge in [-0.05, 0) is 32.1 Å². The number of allylic oxidation sites excluding steroid dienone is 2. The maximum Gasteiger partial charge on any atom is 0.114 e. The van der Waals surface area contributed by atoms with E-state index in [9.17, 15) is 10.2 Å². The lowest BCUT2D eigenvalue weighted by molar-refractivity contribution is -0.0730. The quantitative estimate of drug-likeness (QED) is 0.238. The van der Waals surface area contributed by atoms with Crippen LogP contribution in [0.4, 0.5) is 0 Å². The van der Waals surface area contributed by atoms with Crippen molar-refractivity contribution in [3.8, 4) is 0 Å². The molecule has 166 valence electrons. The zero-order valence-corrected chi connectivity index (χ0v) is 17.9. The minimum absolute atomic E-state index is 0.265. The molecule has 0 aliphatic carbocycles. The molecule has 1 fully saturated rings. The summed E-state index contributed by atoms with van der Waals surface area (Å²) in [5, 5.41) is 28.5. The van der Waals surface area contributed by atoms with Crippen LogP contribution in [-0.2, 0) is 9.47 Å². The summed E-state index contributed by atoms with van der Waals surface area (Å²) >= 11 is 0. The van der Waals surface area contributed by atoms with Gasteiger partial charge >= 0.3 is 0 Å². The number of ether oxygens (including phenoxy) is 2. The molecule has 0 saturated carbocycles. The van der Waals surface area contributed by atoms with Gasteiger partial charge in [0.15, 0.2) is 0 Å². The van der Waals surface area contributed by atoms with E-state index in [1.165, 1.54) is 64.2 Å². The summed E-state index contributed by atoms with van der Waals surface area (Å²) in [6.45, 7) is 2.70. The van der Waals surface area contributed by atoms with Gasteiger partial charge in [0.05, 0.1) is 13.2 Å². The van der Waals surface area contributed by atoms with E-state index in [1.54, 1.807) is 0 Å². The van der Waals surface area contributed by atoms with Gasteiger partial charge in [-0.3, -0.25) is 0 Å². The van der Waals surface area contributed by atoms with Gasteiger partial charge in [0.25, 0.3) is 0 Å². The molecule has 5 heteroatoms. The normalized spacial score (nSPS) is 23.6. The van der Waals surface area contributed by atoms with Crippen LogP contribution in [-0.4, -0.2) is 59.6 Å². The van der Waals surface area contributed by atoms with Crippen molar-refractivity contribution in [3.63, 3.8) is 0 Å². The third kappa shape index (κ3) is 11.5. The molecular weight excluding hydrogens is 356 g/mol. The topological polar surface area (TPSA) is 79.2 Å². The van der Waals surface area contributed by atoms with Crippen molar-refractivity contribution in [2.75, 3.05) is 19.8 Å².